The lowest BCUT2D eigenvalue weighted by Gasteiger charge is -2.14. The van der Waals surface area contributed by atoms with Crippen LogP contribution in [-0.4, -0.2) is 22.1 Å². The maximum absolute atomic E-state index is 11.2. The highest BCUT2D eigenvalue weighted by molar-refractivity contribution is 6.32. The van der Waals surface area contributed by atoms with Crippen LogP contribution < -0.4 is 5.32 Å². The summed E-state index contributed by atoms with van der Waals surface area (Å²) in [4.78, 5) is 14.6. The molecule has 0 unspecified atom stereocenters. The third kappa shape index (κ3) is 3.22. The number of carboxylic acid groups (broad SMARTS) is 1. The zero-order valence-corrected chi connectivity index (χ0v) is 14.4. The molecule has 1 heterocycles. The Morgan fingerprint density at radius 3 is 2.72 bits per heavy atom. The lowest BCUT2D eigenvalue weighted by Crippen LogP contribution is -2.14. The molecule has 3 aromatic rings. The van der Waals surface area contributed by atoms with E-state index in [4.69, 9.17) is 11.6 Å². The summed E-state index contributed by atoms with van der Waals surface area (Å²) in [6.07, 6.45) is 4.89. The van der Waals surface area contributed by atoms with Gasteiger partial charge in [0.15, 0.2) is 0 Å². The minimum Gasteiger partial charge on any atom is -0.478 e. The van der Waals surface area contributed by atoms with Gasteiger partial charge in [-0.15, -0.1) is 0 Å². The van der Waals surface area contributed by atoms with Crippen LogP contribution in [0.5, 0.6) is 0 Å². The molecule has 1 saturated carbocycles. The van der Waals surface area contributed by atoms with Gasteiger partial charge < -0.3 is 15.4 Å². The molecule has 0 aliphatic heterocycles. The highest BCUT2D eigenvalue weighted by atomic mass is 35.5. The van der Waals surface area contributed by atoms with Crippen LogP contribution in [0.1, 0.15) is 36.0 Å². The topological polar surface area (TPSA) is 65.1 Å². The van der Waals surface area contributed by atoms with E-state index in [0.29, 0.717) is 11.1 Å². The highest BCUT2D eigenvalue weighted by Crippen LogP contribution is 2.34. The van der Waals surface area contributed by atoms with Crippen LogP contribution >= 0.6 is 11.6 Å². The van der Waals surface area contributed by atoms with E-state index in [0.717, 1.165) is 27.8 Å². The molecule has 0 atom stereocenters. The summed E-state index contributed by atoms with van der Waals surface area (Å²) < 4.78 is 0. The average molecular weight is 355 g/mol. The molecular formula is C20H19ClN2O2. The lowest BCUT2D eigenvalue weighted by atomic mass is 10.1. The van der Waals surface area contributed by atoms with Gasteiger partial charge in [0.2, 0.25) is 0 Å². The number of H-pyrrole nitrogens is 1. The number of aromatic amines is 1. The number of hydrogen-bond acceptors (Lipinski definition) is 2. The van der Waals surface area contributed by atoms with Gasteiger partial charge in [-0.05, 0) is 48.7 Å². The molecule has 1 aromatic heterocycles. The van der Waals surface area contributed by atoms with Gasteiger partial charge in [0.1, 0.15) is 0 Å². The molecule has 3 N–H and O–H groups in total. The minimum absolute atomic E-state index is 0.276. The molecule has 4 nitrogen and oxygen atoms in total. The van der Waals surface area contributed by atoms with E-state index in [1.807, 2.05) is 24.3 Å². The fourth-order valence-corrected chi connectivity index (χ4v) is 3.81. The van der Waals surface area contributed by atoms with Crippen molar-refractivity contribution in [1.82, 2.24) is 4.98 Å². The molecular weight excluding hydrogens is 336 g/mol. The summed E-state index contributed by atoms with van der Waals surface area (Å²) in [5.74, 6) is -0.926. The molecule has 0 radical (unpaired) electrons. The maximum Gasteiger partial charge on any atom is 0.335 e. The third-order valence-corrected chi connectivity index (χ3v) is 5.05. The van der Waals surface area contributed by atoms with Crippen LogP contribution in [0.15, 0.2) is 42.5 Å². The summed E-state index contributed by atoms with van der Waals surface area (Å²) in [5, 5.41) is 14.5. The molecule has 2 aromatic carbocycles. The summed E-state index contributed by atoms with van der Waals surface area (Å²) >= 11 is 6.30. The van der Waals surface area contributed by atoms with Gasteiger partial charge in [0, 0.05) is 22.1 Å². The molecule has 0 spiro atoms. The van der Waals surface area contributed by atoms with E-state index in [2.05, 4.69) is 10.3 Å². The average Bonchev–Trinajstić information content (AvgIpc) is 3.24. The van der Waals surface area contributed by atoms with Crippen LogP contribution in [0, 0.1) is 0 Å². The van der Waals surface area contributed by atoms with Gasteiger partial charge in [-0.3, -0.25) is 0 Å². The summed E-state index contributed by atoms with van der Waals surface area (Å²) in [6, 6.07) is 13.3. The molecule has 5 heteroatoms. The van der Waals surface area contributed by atoms with Crippen LogP contribution in [0.4, 0.5) is 5.69 Å². The second-order valence-corrected chi connectivity index (χ2v) is 7.05. The number of carbonyl (C=O) groups is 1. The number of anilines is 1. The van der Waals surface area contributed by atoms with Gasteiger partial charge in [-0.25, -0.2) is 4.79 Å². The van der Waals surface area contributed by atoms with Crippen molar-refractivity contribution in [3.8, 4) is 11.3 Å². The molecule has 4 rings (SSSR count). The van der Waals surface area contributed by atoms with Gasteiger partial charge in [-0.2, -0.15) is 0 Å². The van der Waals surface area contributed by atoms with Crippen molar-refractivity contribution in [3.63, 3.8) is 0 Å². The Balaban J connectivity index is 1.76. The van der Waals surface area contributed by atoms with Crippen molar-refractivity contribution in [2.75, 3.05) is 5.32 Å². The van der Waals surface area contributed by atoms with Crippen molar-refractivity contribution in [3.05, 3.63) is 53.1 Å². The zero-order chi connectivity index (χ0) is 17.4. The van der Waals surface area contributed by atoms with Gasteiger partial charge in [-0.1, -0.05) is 36.6 Å². The standard InChI is InChI=1S/C20H19ClN2O2/c21-15-9-14-10-17(12-4-3-5-13(8-12)20(24)25)23-19(14)18(11-15)22-16-6-1-2-7-16/h3-5,8-11,16,22-23H,1-2,6-7H2,(H,24,25). The summed E-state index contributed by atoms with van der Waals surface area (Å²) in [7, 11) is 0. The molecule has 0 saturated heterocycles. The van der Waals surface area contributed by atoms with Crippen molar-refractivity contribution in [1.29, 1.82) is 0 Å². The number of aromatic nitrogens is 1. The van der Waals surface area contributed by atoms with E-state index in [9.17, 15) is 9.90 Å². The SMILES string of the molecule is O=C(O)c1cccc(-c2cc3cc(Cl)cc(NC4CCCC4)c3[nH]2)c1. The molecule has 1 aliphatic rings. The molecule has 0 amide bonds. The quantitative estimate of drug-likeness (QED) is 0.576. The Bertz CT molecular complexity index is 942. The Morgan fingerprint density at radius 2 is 1.96 bits per heavy atom. The van der Waals surface area contributed by atoms with Crippen molar-refractivity contribution < 1.29 is 9.90 Å². The number of nitrogens with one attached hydrogen (secondary N) is 2. The predicted octanol–water partition coefficient (Wildman–Crippen LogP) is 5.54. The van der Waals surface area contributed by atoms with E-state index in [1.165, 1.54) is 25.7 Å². The molecule has 25 heavy (non-hydrogen) atoms. The predicted molar refractivity (Wildman–Crippen MR) is 102 cm³/mol. The molecule has 128 valence electrons. The Labute approximate surface area is 150 Å². The lowest BCUT2D eigenvalue weighted by molar-refractivity contribution is 0.0697. The first-order valence-corrected chi connectivity index (χ1v) is 8.90. The second-order valence-electron chi connectivity index (χ2n) is 6.61. The smallest absolute Gasteiger partial charge is 0.335 e. The van der Waals surface area contributed by atoms with Crippen LogP contribution in [0.2, 0.25) is 5.02 Å². The summed E-state index contributed by atoms with van der Waals surface area (Å²) in [5.41, 5.74) is 4.02. The number of carboxylic acids is 1. The normalized spacial score (nSPS) is 14.9. The fraction of sp³-hybridized carbons (Fsp3) is 0.250. The Kier molecular flexibility index (Phi) is 4.14. The van der Waals surface area contributed by atoms with Crippen molar-refractivity contribution in [2.45, 2.75) is 31.7 Å². The summed E-state index contributed by atoms with van der Waals surface area (Å²) in [6.45, 7) is 0. The first-order chi connectivity index (χ1) is 12.1. The zero-order valence-electron chi connectivity index (χ0n) is 13.7. The number of benzene rings is 2. The van der Waals surface area contributed by atoms with E-state index in [-0.39, 0.29) is 5.56 Å². The van der Waals surface area contributed by atoms with Crippen molar-refractivity contribution in [2.24, 2.45) is 0 Å². The second kappa shape index (κ2) is 6.45. The van der Waals surface area contributed by atoms with Crippen molar-refractivity contribution >= 4 is 34.2 Å². The van der Waals surface area contributed by atoms with Gasteiger partial charge in [0.25, 0.3) is 0 Å². The fourth-order valence-electron chi connectivity index (χ4n) is 3.59. The monoisotopic (exact) mass is 354 g/mol. The number of rotatable bonds is 4. The first kappa shape index (κ1) is 16.0. The van der Waals surface area contributed by atoms with E-state index >= 15 is 0 Å². The molecule has 0 bridgehead atoms. The van der Waals surface area contributed by atoms with Gasteiger partial charge >= 0.3 is 5.97 Å². The number of hydrogen-bond donors (Lipinski definition) is 3. The number of aromatic carboxylic acids is 1. The first-order valence-electron chi connectivity index (χ1n) is 8.53. The molecule has 1 aliphatic carbocycles. The Morgan fingerprint density at radius 1 is 1.16 bits per heavy atom. The number of halogens is 1. The minimum atomic E-state index is -0.926. The Hall–Kier alpha value is -2.46. The van der Waals surface area contributed by atoms with E-state index in [1.54, 1.807) is 18.2 Å². The maximum atomic E-state index is 11.2. The highest BCUT2D eigenvalue weighted by Gasteiger charge is 2.17. The van der Waals surface area contributed by atoms with Crippen LogP contribution in [0.25, 0.3) is 22.2 Å². The van der Waals surface area contributed by atoms with Crippen LogP contribution in [0.3, 0.4) is 0 Å². The molecule has 1 fully saturated rings. The van der Waals surface area contributed by atoms with Gasteiger partial charge in [0.05, 0.1) is 16.8 Å². The van der Waals surface area contributed by atoms with Crippen LogP contribution in [-0.2, 0) is 0 Å². The third-order valence-electron chi connectivity index (χ3n) is 4.83. The van der Waals surface area contributed by atoms with E-state index < -0.39 is 5.97 Å². The number of fused-ring (bicyclic) bond motifs is 1. The largest absolute Gasteiger partial charge is 0.478 e.